The molecule has 0 saturated carbocycles. The fourth-order valence-electron chi connectivity index (χ4n) is 1.81. The van der Waals surface area contributed by atoms with E-state index in [4.69, 9.17) is 14.2 Å². The summed E-state index contributed by atoms with van der Waals surface area (Å²) in [6.07, 6.45) is 10.4. The van der Waals surface area contributed by atoms with Gasteiger partial charge in [-0.1, -0.05) is 52.0 Å². The molecule has 0 rings (SSSR count). The minimum atomic E-state index is -0.121. The number of ether oxygens (including phenoxy) is 3. The largest absolute Gasteiger partial charge is 0.499 e. The van der Waals surface area contributed by atoms with Crippen molar-refractivity contribution in [2.24, 2.45) is 0 Å². The first-order valence-electron chi connectivity index (χ1n) is 7.77. The third kappa shape index (κ3) is 15.0. The highest BCUT2D eigenvalue weighted by Gasteiger charge is 2.02. The molecular weight excluding hydrogens is 256 g/mol. The summed E-state index contributed by atoms with van der Waals surface area (Å²) >= 11 is 0. The number of rotatable bonds is 15. The average molecular weight is 286 g/mol. The van der Waals surface area contributed by atoms with Gasteiger partial charge in [0.25, 0.3) is 0 Å². The van der Waals surface area contributed by atoms with Crippen molar-refractivity contribution in [2.45, 2.75) is 58.3 Å². The van der Waals surface area contributed by atoms with E-state index in [0.717, 1.165) is 12.8 Å². The van der Waals surface area contributed by atoms with Gasteiger partial charge in [0.2, 0.25) is 0 Å². The quantitative estimate of drug-likeness (QED) is 0.260. The molecule has 4 heteroatoms. The monoisotopic (exact) mass is 286 g/mol. The van der Waals surface area contributed by atoms with Crippen LogP contribution < -0.4 is 0 Å². The number of carbonyl (C=O) groups is 1. The summed E-state index contributed by atoms with van der Waals surface area (Å²) in [5.41, 5.74) is 0. The van der Waals surface area contributed by atoms with Crippen LogP contribution in [0.25, 0.3) is 0 Å². The second-order valence-electron chi connectivity index (χ2n) is 4.74. The van der Waals surface area contributed by atoms with Crippen molar-refractivity contribution in [1.29, 1.82) is 0 Å². The smallest absolute Gasteiger partial charge is 0.305 e. The standard InChI is InChI=1S/C16H30O4/c1-3-5-6-7-8-9-10-11-16(17)20-15-14-19-13-12-18-4-2/h4H,2-3,5-15H2,1H3. The molecule has 0 aliphatic rings. The predicted octanol–water partition coefficient (Wildman–Crippen LogP) is 3.85. The number of hydrogen-bond donors (Lipinski definition) is 0. The zero-order valence-electron chi connectivity index (χ0n) is 12.9. The van der Waals surface area contributed by atoms with E-state index in [0.29, 0.717) is 32.8 Å². The van der Waals surface area contributed by atoms with Crippen LogP contribution in [0.15, 0.2) is 12.8 Å². The second kappa shape index (κ2) is 16.0. The Kier molecular flexibility index (Phi) is 15.2. The van der Waals surface area contributed by atoms with Gasteiger partial charge in [-0.3, -0.25) is 4.79 Å². The molecule has 0 aromatic rings. The lowest BCUT2D eigenvalue weighted by Crippen LogP contribution is -2.12. The Morgan fingerprint density at radius 3 is 2.30 bits per heavy atom. The first kappa shape index (κ1) is 19.0. The first-order chi connectivity index (χ1) is 9.81. The van der Waals surface area contributed by atoms with Crippen LogP contribution in [-0.4, -0.2) is 32.4 Å². The lowest BCUT2D eigenvalue weighted by Gasteiger charge is -2.06. The molecule has 118 valence electrons. The van der Waals surface area contributed by atoms with Crippen LogP contribution >= 0.6 is 0 Å². The van der Waals surface area contributed by atoms with Crippen LogP contribution in [0.1, 0.15) is 58.3 Å². The third-order valence-corrected chi connectivity index (χ3v) is 2.94. The molecule has 20 heavy (non-hydrogen) atoms. The molecular formula is C16H30O4. The molecule has 0 N–H and O–H groups in total. The highest BCUT2D eigenvalue weighted by molar-refractivity contribution is 5.69. The fraction of sp³-hybridized carbons (Fsp3) is 0.812. The summed E-state index contributed by atoms with van der Waals surface area (Å²) in [6.45, 7) is 7.35. The van der Waals surface area contributed by atoms with E-state index in [1.165, 1.54) is 38.4 Å². The van der Waals surface area contributed by atoms with E-state index in [1.54, 1.807) is 0 Å². The van der Waals surface area contributed by atoms with E-state index in [1.807, 2.05) is 0 Å². The maximum absolute atomic E-state index is 11.4. The molecule has 0 heterocycles. The first-order valence-corrected chi connectivity index (χ1v) is 7.77. The Balaban J connectivity index is 3.14. The van der Waals surface area contributed by atoms with Crippen LogP contribution in [0.3, 0.4) is 0 Å². The Bertz CT molecular complexity index is 229. The highest BCUT2D eigenvalue weighted by Crippen LogP contribution is 2.08. The van der Waals surface area contributed by atoms with Gasteiger partial charge in [0.15, 0.2) is 0 Å². The van der Waals surface area contributed by atoms with Crippen molar-refractivity contribution in [3.05, 3.63) is 12.8 Å². The van der Waals surface area contributed by atoms with Gasteiger partial charge >= 0.3 is 5.97 Å². The van der Waals surface area contributed by atoms with Crippen LogP contribution in [0.5, 0.6) is 0 Å². The molecule has 0 saturated heterocycles. The molecule has 0 unspecified atom stereocenters. The zero-order chi connectivity index (χ0) is 14.9. The van der Waals surface area contributed by atoms with Crippen LogP contribution in [0.4, 0.5) is 0 Å². The molecule has 4 nitrogen and oxygen atoms in total. The number of unbranched alkanes of at least 4 members (excludes halogenated alkanes) is 6. The summed E-state index contributed by atoms with van der Waals surface area (Å²) in [7, 11) is 0. The molecule has 0 fully saturated rings. The van der Waals surface area contributed by atoms with E-state index in [2.05, 4.69) is 13.5 Å². The lowest BCUT2D eigenvalue weighted by atomic mass is 10.1. The van der Waals surface area contributed by atoms with Gasteiger partial charge in [0, 0.05) is 6.42 Å². The van der Waals surface area contributed by atoms with Gasteiger partial charge in [-0.05, 0) is 6.42 Å². The molecule has 0 atom stereocenters. The average Bonchev–Trinajstić information content (AvgIpc) is 2.45. The van der Waals surface area contributed by atoms with Crippen LogP contribution in [-0.2, 0) is 19.0 Å². The van der Waals surface area contributed by atoms with Crippen molar-refractivity contribution in [3.63, 3.8) is 0 Å². The summed E-state index contributed by atoms with van der Waals surface area (Å²) in [5.74, 6) is -0.121. The summed E-state index contributed by atoms with van der Waals surface area (Å²) in [4.78, 5) is 11.4. The number of carbonyl (C=O) groups excluding carboxylic acids is 1. The third-order valence-electron chi connectivity index (χ3n) is 2.94. The van der Waals surface area contributed by atoms with Crippen molar-refractivity contribution in [1.82, 2.24) is 0 Å². The van der Waals surface area contributed by atoms with E-state index >= 15 is 0 Å². The summed E-state index contributed by atoms with van der Waals surface area (Å²) in [5, 5.41) is 0. The maximum Gasteiger partial charge on any atom is 0.305 e. The molecule has 0 bridgehead atoms. The van der Waals surface area contributed by atoms with Crippen LogP contribution in [0.2, 0.25) is 0 Å². The number of hydrogen-bond acceptors (Lipinski definition) is 4. The normalized spacial score (nSPS) is 10.2. The molecule has 0 aliphatic carbocycles. The topological polar surface area (TPSA) is 44.8 Å². The SMILES string of the molecule is C=COCCOCCOC(=O)CCCCCCCCC. The van der Waals surface area contributed by atoms with Crippen molar-refractivity contribution in [3.8, 4) is 0 Å². The van der Waals surface area contributed by atoms with Gasteiger partial charge in [0.05, 0.1) is 19.5 Å². The van der Waals surface area contributed by atoms with Gasteiger partial charge in [0.1, 0.15) is 13.2 Å². The van der Waals surface area contributed by atoms with Gasteiger partial charge in [-0.15, -0.1) is 0 Å². The van der Waals surface area contributed by atoms with Crippen LogP contribution in [0, 0.1) is 0 Å². The van der Waals surface area contributed by atoms with E-state index in [-0.39, 0.29) is 5.97 Å². The highest BCUT2D eigenvalue weighted by atomic mass is 16.6. The number of esters is 1. The van der Waals surface area contributed by atoms with Crippen molar-refractivity contribution >= 4 is 5.97 Å². The Hall–Kier alpha value is -1.03. The minimum absolute atomic E-state index is 0.121. The van der Waals surface area contributed by atoms with E-state index in [9.17, 15) is 4.79 Å². The fourth-order valence-corrected chi connectivity index (χ4v) is 1.81. The zero-order valence-corrected chi connectivity index (χ0v) is 12.9. The Labute approximate surface area is 123 Å². The molecule has 0 aromatic carbocycles. The lowest BCUT2D eigenvalue weighted by molar-refractivity contribution is -0.145. The van der Waals surface area contributed by atoms with Gasteiger partial charge in [-0.2, -0.15) is 0 Å². The summed E-state index contributed by atoms with van der Waals surface area (Å²) in [6, 6.07) is 0. The van der Waals surface area contributed by atoms with Gasteiger partial charge < -0.3 is 14.2 Å². The molecule has 0 spiro atoms. The predicted molar refractivity (Wildman–Crippen MR) is 80.5 cm³/mol. The molecule has 0 aliphatic heterocycles. The molecule has 0 radical (unpaired) electrons. The van der Waals surface area contributed by atoms with E-state index < -0.39 is 0 Å². The van der Waals surface area contributed by atoms with Gasteiger partial charge in [-0.25, -0.2) is 0 Å². The van der Waals surface area contributed by atoms with Crippen molar-refractivity contribution in [2.75, 3.05) is 26.4 Å². The summed E-state index contributed by atoms with van der Waals surface area (Å²) < 4.78 is 15.2. The Morgan fingerprint density at radius 2 is 1.60 bits per heavy atom. The molecule has 0 amide bonds. The Morgan fingerprint density at radius 1 is 0.950 bits per heavy atom. The second-order valence-corrected chi connectivity index (χ2v) is 4.74. The van der Waals surface area contributed by atoms with Crippen molar-refractivity contribution < 1.29 is 19.0 Å². The minimum Gasteiger partial charge on any atom is -0.499 e. The molecule has 0 aromatic heterocycles. The maximum atomic E-state index is 11.4.